The number of aromatic nitrogens is 1. The number of amides is 2. The average Bonchev–Trinajstić information content (AvgIpc) is 3.30. The summed E-state index contributed by atoms with van der Waals surface area (Å²) < 4.78 is 0. The monoisotopic (exact) mass is 412 g/mol. The van der Waals surface area contributed by atoms with E-state index in [1.54, 1.807) is 17.0 Å². The fourth-order valence-electron chi connectivity index (χ4n) is 4.47. The van der Waals surface area contributed by atoms with Crippen molar-refractivity contribution >= 4 is 34.0 Å². The van der Waals surface area contributed by atoms with Gasteiger partial charge in [0.2, 0.25) is 5.91 Å². The van der Waals surface area contributed by atoms with Crippen molar-refractivity contribution in [2.45, 2.75) is 39.7 Å². The molecule has 0 spiro atoms. The lowest BCUT2D eigenvalue weighted by molar-refractivity contribution is -0.117. The average molecular weight is 413 g/mol. The number of hydrogen-bond acceptors (Lipinski definition) is 5. The molecule has 1 aromatic heterocycles. The van der Waals surface area contributed by atoms with Gasteiger partial charge in [0, 0.05) is 49.2 Å². The third kappa shape index (κ3) is 4.85. The van der Waals surface area contributed by atoms with Crippen LogP contribution in [0.5, 0.6) is 0 Å². The third-order valence-corrected chi connectivity index (χ3v) is 6.42. The van der Waals surface area contributed by atoms with E-state index in [4.69, 9.17) is 0 Å². The number of likely N-dealkylation sites (tertiary alicyclic amines) is 1. The molecule has 29 heavy (non-hydrogen) atoms. The van der Waals surface area contributed by atoms with Crippen molar-refractivity contribution in [3.63, 3.8) is 0 Å². The summed E-state index contributed by atoms with van der Waals surface area (Å²) in [6, 6.07) is 7.21. The third-order valence-electron chi connectivity index (χ3n) is 5.62. The molecule has 0 bridgehead atoms. The Morgan fingerprint density at radius 1 is 1.21 bits per heavy atom. The van der Waals surface area contributed by atoms with E-state index in [1.165, 1.54) is 17.8 Å². The Balaban J connectivity index is 1.34. The number of anilines is 2. The zero-order valence-electron chi connectivity index (χ0n) is 17.1. The molecule has 2 fully saturated rings. The molecule has 0 saturated carbocycles. The maximum Gasteiger partial charge on any atom is 0.257 e. The molecule has 2 saturated heterocycles. The van der Waals surface area contributed by atoms with Crippen LogP contribution in [0.15, 0.2) is 29.6 Å². The molecule has 2 aliphatic heterocycles. The van der Waals surface area contributed by atoms with Crippen molar-refractivity contribution in [1.29, 1.82) is 0 Å². The van der Waals surface area contributed by atoms with Crippen LogP contribution in [-0.4, -0.2) is 41.3 Å². The van der Waals surface area contributed by atoms with Gasteiger partial charge in [-0.3, -0.25) is 19.8 Å². The van der Waals surface area contributed by atoms with E-state index in [0.717, 1.165) is 55.8 Å². The predicted molar refractivity (Wildman–Crippen MR) is 116 cm³/mol. The quantitative estimate of drug-likeness (QED) is 0.806. The lowest BCUT2D eigenvalue weighted by Crippen LogP contribution is -2.38. The van der Waals surface area contributed by atoms with Gasteiger partial charge in [0.25, 0.3) is 5.91 Å². The lowest BCUT2D eigenvalue weighted by atomic mass is 9.92. The molecule has 4 rings (SSSR count). The summed E-state index contributed by atoms with van der Waals surface area (Å²) in [6.07, 6.45) is 2.78. The van der Waals surface area contributed by atoms with Gasteiger partial charge in [0.15, 0.2) is 5.13 Å². The van der Waals surface area contributed by atoms with Crippen LogP contribution < -0.4 is 10.2 Å². The van der Waals surface area contributed by atoms with Gasteiger partial charge < -0.3 is 4.90 Å². The number of carbonyl (C=O) groups excluding carboxylic acids is 2. The van der Waals surface area contributed by atoms with Crippen LogP contribution in [0.3, 0.4) is 0 Å². The summed E-state index contributed by atoms with van der Waals surface area (Å²) in [4.78, 5) is 33.2. The molecule has 2 aliphatic rings. The Labute approximate surface area is 175 Å². The van der Waals surface area contributed by atoms with Gasteiger partial charge in [-0.15, -0.1) is 11.3 Å². The van der Waals surface area contributed by atoms with Crippen molar-refractivity contribution in [2.24, 2.45) is 11.8 Å². The maximum absolute atomic E-state index is 12.6. The largest absolute Gasteiger partial charge is 0.312 e. The number of piperidine rings is 1. The zero-order valence-corrected chi connectivity index (χ0v) is 17.9. The van der Waals surface area contributed by atoms with Gasteiger partial charge in [-0.2, -0.15) is 0 Å². The molecular formula is C22H28N4O2S. The van der Waals surface area contributed by atoms with E-state index < -0.39 is 0 Å². The number of thiazole rings is 1. The van der Waals surface area contributed by atoms with Crippen LogP contribution in [0.2, 0.25) is 0 Å². The minimum absolute atomic E-state index is 0.148. The van der Waals surface area contributed by atoms with Crippen molar-refractivity contribution in [3.05, 3.63) is 40.9 Å². The Bertz CT molecular complexity index is 869. The van der Waals surface area contributed by atoms with Crippen molar-refractivity contribution < 1.29 is 9.59 Å². The van der Waals surface area contributed by atoms with Gasteiger partial charge >= 0.3 is 0 Å². The van der Waals surface area contributed by atoms with E-state index in [1.807, 2.05) is 17.5 Å². The molecule has 154 valence electrons. The number of rotatable bonds is 5. The number of nitrogens with zero attached hydrogens (tertiary/aromatic N) is 3. The molecule has 3 heterocycles. The van der Waals surface area contributed by atoms with Crippen molar-refractivity contribution in [1.82, 2.24) is 9.88 Å². The topological polar surface area (TPSA) is 65.5 Å². The first-order chi connectivity index (χ1) is 14.0. The van der Waals surface area contributed by atoms with Gasteiger partial charge in [-0.25, -0.2) is 4.98 Å². The second-order valence-electron chi connectivity index (χ2n) is 8.43. The second-order valence-corrected chi connectivity index (χ2v) is 9.29. The minimum atomic E-state index is -0.176. The van der Waals surface area contributed by atoms with E-state index >= 15 is 0 Å². The fourth-order valence-corrected chi connectivity index (χ4v) is 5.17. The zero-order chi connectivity index (χ0) is 20.4. The highest BCUT2D eigenvalue weighted by Gasteiger charge is 2.23. The highest BCUT2D eigenvalue weighted by molar-refractivity contribution is 7.14. The molecule has 1 N–H and O–H groups in total. The van der Waals surface area contributed by atoms with Crippen LogP contribution in [-0.2, 0) is 11.3 Å². The Kier molecular flexibility index (Phi) is 5.96. The Morgan fingerprint density at radius 2 is 1.93 bits per heavy atom. The molecule has 0 unspecified atom stereocenters. The van der Waals surface area contributed by atoms with Crippen molar-refractivity contribution in [2.75, 3.05) is 29.9 Å². The van der Waals surface area contributed by atoms with E-state index in [2.05, 4.69) is 29.0 Å². The van der Waals surface area contributed by atoms with Gasteiger partial charge in [0.1, 0.15) is 0 Å². The molecule has 1 aromatic carbocycles. The molecule has 7 heteroatoms. The molecule has 2 aromatic rings. The first kappa shape index (κ1) is 20.0. The fraction of sp³-hybridized carbons (Fsp3) is 0.500. The highest BCUT2D eigenvalue weighted by atomic mass is 32.1. The summed E-state index contributed by atoms with van der Waals surface area (Å²) in [6.45, 7) is 8.41. The van der Waals surface area contributed by atoms with Crippen LogP contribution >= 0.6 is 11.3 Å². The van der Waals surface area contributed by atoms with Crippen LogP contribution in [0.25, 0.3) is 0 Å². The Hall–Kier alpha value is -2.25. The summed E-state index contributed by atoms with van der Waals surface area (Å²) in [7, 11) is 0. The molecule has 6 nitrogen and oxygen atoms in total. The first-order valence-electron chi connectivity index (χ1n) is 10.4. The SMILES string of the molecule is C[C@@H]1C[C@@H](C)CN(Cc2csc(NC(=O)c3ccc(N4CCCC4=O)cc3)n2)C1. The van der Waals surface area contributed by atoms with E-state index in [-0.39, 0.29) is 11.8 Å². The Morgan fingerprint density at radius 3 is 2.59 bits per heavy atom. The van der Waals surface area contributed by atoms with Gasteiger partial charge in [-0.05, 0) is 48.9 Å². The first-order valence-corrected chi connectivity index (χ1v) is 11.2. The number of nitrogens with one attached hydrogen (secondary N) is 1. The summed E-state index contributed by atoms with van der Waals surface area (Å²) in [5.74, 6) is 1.41. The summed E-state index contributed by atoms with van der Waals surface area (Å²) >= 11 is 1.46. The van der Waals surface area contributed by atoms with E-state index in [9.17, 15) is 9.59 Å². The molecule has 2 atom stereocenters. The van der Waals surface area contributed by atoms with Gasteiger partial charge in [0.05, 0.1) is 5.69 Å². The second kappa shape index (κ2) is 8.63. The van der Waals surface area contributed by atoms with Crippen LogP contribution in [0.4, 0.5) is 10.8 Å². The number of hydrogen-bond donors (Lipinski definition) is 1. The van der Waals surface area contributed by atoms with Crippen LogP contribution in [0.1, 0.15) is 49.2 Å². The minimum Gasteiger partial charge on any atom is -0.312 e. The van der Waals surface area contributed by atoms with Crippen LogP contribution in [0, 0.1) is 11.8 Å². The standard InChI is InChI=1S/C22H28N4O2S/c1-15-10-16(2)12-25(11-15)13-18-14-29-22(23-18)24-21(28)17-5-7-19(8-6-17)26-9-3-4-20(26)27/h5-8,14-16H,3-4,9-13H2,1-2H3,(H,23,24,28)/t15-,16-/m1/s1. The normalized spacial score (nSPS) is 22.8. The lowest BCUT2D eigenvalue weighted by Gasteiger charge is -2.34. The summed E-state index contributed by atoms with van der Waals surface area (Å²) in [5, 5.41) is 5.56. The van der Waals surface area contributed by atoms with Gasteiger partial charge in [-0.1, -0.05) is 13.8 Å². The van der Waals surface area contributed by atoms with E-state index in [0.29, 0.717) is 17.1 Å². The molecule has 2 amide bonds. The maximum atomic E-state index is 12.6. The number of carbonyl (C=O) groups is 2. The molecule has 0 aliphatic carbocycles. The molecule has 0 radical (unpaired) electrons. The highest BCUT2D eigenvalue weighted by Crippen LogP contribution is 2.25. The summed E-state index contributed by atoms with van der Waals surface area (Å²) in [5.41, 5.74) is 2.43. The van der Waals surface area contributed by atoms with Crippen molar-refractivity contribution in [3.8, 4) is 0 Å². The number of benzene rings is 1. The predicted octanol–water partition coefficient (Wildman–Crippen LogP) is 4.00. The molecular weight excluding hydrogens is 384 g/mol. The smallest absolute Gasteiger partial charge is 0.257 e.